The predicted molar refractivity (Wildman–Crippen MR) is 99.2 cm³/mol. The van der Waals surface area contributed by atoms with Gasteiger partial charge in [-0.3, -0.25) is 4.72 Å². The van der Waals surface area contributed by atoms with Crippen LogP contribution in [0, 0.1) is 6.92 Å². The number of hydrogen-bond donors (Lipinski definition) is 1. The zero-order valence-electron chi connectivity index (χ0n) is 14.1. The molecule has 0 saturated carbocycles. The molecule has 2 aromatic carbocycles. The molecule has 0 amide bonds. The van der Waals surface area contributed by atoms with E-state index >= 15 is 0 Å². The van der Waals surface area contributed by atoms with Crippen molar-refractivity contribution in [3.8, 4) is 0 Å². The summed E-state index contributed by atoms with van der Waals surface area (Å²) in [6.07, 6.45) is 0. The minimum Gasteiger partial charge on any atom is -0.460 e. The van der Waals surface area contributed by atoms with Crippen molar-refractivity contribution >= 4 is 44.3 Å². The Morgan fingerprint density at radius 2 is 2.00 bits per heavy atom. The van der Waals surface area contributed by atoms with Gasteiger partial charge in [-0.2, -0.15) is 0 Å². The van der Waals surface area contributed by atoms with E-state index in [2.05, 4.69) is 4.72 Å². The van der Waals surface area contributed by atoms with Gasteiger partial charge in [-0.1, -0.05) is 17.7 Å². The molecule has 1 heterocycles. The lowest BCUT2D eigenvalue weighted by Crippen LogP contribution is -2.12. The van der Waals surface area contributed by atoms with Crippen LogP contribution in [0.5, 0.6) is 0 Å². The number of sulfonamides is 1. The molecular weight excluding hydrogens is 378 g/mol. The Balaban J connectivity index is 1.96. The number of carbonyl (C=O) groups is 1. The second kappa shape index (κ2) is 7.01. The van der Waals surface area contributed by atoms with Crippen molar-refractivity contribution in [1.29, 1.82) is 0 Å². The smallest absolute Gasteiger partial charge is 0.374 e. The number of hydrogen-bond acceptors (Lipinski definition) is 5. The summed E-state index contributed by atoms with van der Waals surface area (Å²) in [4.78, 5) is 12.0. The number of benzene rings is 2. The first-order valence-electron chi connectivity index (χ1n) is 7.80. The number of furan rings is 1. The molecule has 0 aliphatic carbocycles. The Morgan fingerprint density at radius 3 is 2.69 bits per heavy atom. The predicted octanol–water partition coefficient (Wildman–Crippen LogP) is 4.37. The Kier molecular flexibility index (Phi) is 4.93. The molecule has 6 nitrogen and oxygen atoms in total. The maximum Gasteiger partial charge on any atom is 0.374 e. The Morgan fingerprint density at radius 1 is 1.23 bits per heavy atom. The number of ether oxygens (including phenoxy) is 1. The van der Waals surface area contributed by atoms with Gasteiger partial charge >= 0.3 is 5.97 Å². The molecular formula is C18H16ClNO5S. The van der Waals surface area contributed by atoms with Gasteiger partial charge in [0, 0.05) is 21.7 Å². The summed E-state index contributed by atoms with van der Waals surface area (Å²) < 4.78 is 38.0. The molecule has 26 heavy (non-hydrogen) atoms. The van der Waals surface area contributed by atoms with E-state index in [0.717, 1.165) is 0 Å². The lowest BCUT2D eigenvalue weighted by atomic mass is 10.1. The van der Waals surface area contributed by atoms with Crippen molar-refractivity contribution in [2.75, 3.05) is 11.3 Å². The lowest BCUT2D eigenvalue weighted by Gasteiger charge is -2.08. The fourth-order valence-electron chi connectivity index (χ4n) is 2.52. The number of rotatable bonds is 5. The van der Waals surface area contributed by atoms with Crippen LogP contribution in [0.15, 0.2) is 51.8 Å². The van der Waals surface area contributed by atoms with Crippen LogP contribution in [0.1, 0.15) is 23.0 Å². The quantitative estimate of drug-likeness (QED) is 0.650. The fourth-order valence-corrected chi connectivity index (χ4v) is 3.87. The van der Waals surface area contributed by atoms with E-state index in [4.69, 9.17) is 20.8 Å². The highest BCUT2D eigenvalue weighted by Gasteiger charge is 2.20. The molecule has 0 saturated heterocycles. The monoisotopic (exact) mass is 393 g/mol. The highest BCUT2D eigenvalue weighted by Crippen LogP contribution is 2.29. The molecule has 1 aromatic heterocycles. The van der Waals surface area contributed by atoms with Crippen LogP contribution in [-0.2, 0) is 14.8 Å². The number of esters is 1. The Hall–Kier alpha value is -2.51. The van der Waals surface area contributed by atoms with E-state index in [1.54, 1.807) is 44.2 Å². The largest absolute Gasteiger partial charge is 0.460 e. The van der Waals surface area contributed by atoms with E-state index in [9.17, 15) is 13.2 Å². The molecule has 8 heteroatoms. The second-order valence-corrected chi connectivity index (χ2v) is 7.67. The first kappa shape index (κ1) is 18.3. The normalized spacial score (nSPS) is 11.5. The zero-order valence-corrected chi connectivity index (χ0v) is 15.6. The number of halogens is 1. The topological polar surface area (TPSA) is 85.6 Å². The van der Waals surface area contributed by atoms with Crippen LogP contribution in [0.2, 0.25) is 5.02 Å². The van der Waals surface area contributed by atoms with Crippen molar-refractivity contribution in [2.45, 2.75) is 18.7 Å². The summed E-state index contributed by atoms with van der Waals surface area (Å²) in [5, 5.41) is 0.951. The number of carbonyl (C=O) groups excluding carboxylic acids is 1. The molecule has 0 spiro atoms. The number of anilines is 1. The van der Waals surface area contributed by atoms with Crippen LogP contribution in [-0.4, -0.2) is 21.0 Å². The third kappa shape index (κ3) is 3.54. The van der Waals surface area contributed by atoms with Crippen molar-refractivity contribution < 1.29 is 22.4 Å². The van der Waals surface area contributed by atoms with Gasteiger partial charge in [-0.15, -0.1) is 0 Å². The summed E-state index contributed by atoms with van der Waals surface area (Å²) in [5.41, 5.74) is 1.40. The van der Waals surface area contributed by atoms with Crippen LogP contribution in [0.25, 0.3) is 11.0 Å². The van der Waals surface area contributed by atoms with Crippen LogP contribution in [0.3, 0.4) is 0 Å². The van der Waals surface area contributed by atoms with Gasteiger partial charge in [0.1, 0.15) is 5.58 Å². The van der Waals surface area contributed by atoms with E-state index in [0.29, 0.717) is 27.2 Å². The van der Waals surface area contributed by atoms with Gasteiger partial charge in [0.25, 0.3) is 10.0 Å². The average molecular weight is 394 g/mol. The molecule has 136 valence electrons. The van der Waals surface area contributed by atoms with E-state index in [1.807, 2.05) is 0 Å². The van der Waals surface area contributed by atoms with Crippen LogP contribution < -0.4 is 4.72 Å². The summed E-state index contributed by atoms with van der Waals surface area (Å²) in [5.74, 6) is -0.445. The van der Waals surface area contributed by atoms with Crippen molar-refractivity contribution in [2.24, 2.45) is 0 Å². The van der Waals surface area contributed by atoms with Crippen molar-refractivity contribution in [3.05, 3.63) is 58.8 Å². The highest BCUT2D eigenvalue weighted by molar-refractivity contribution is 7.92. The van der Waals surface area contributed by atoms with Gasteiger partial charge < -0.3 is 9.15 Å². The summed E-state index contributed by atoms with van der Waals surface area (Å²) in [7, 11) is -3.79. The molecule has 0 fully saturated rings. The molecule has 0 aliphatic heterocycles. The zero-order chi connectivity index (χ0) is 18.9. The Bertz CT molecular complexity index is 1090. The molecule has 0 bridgehead atoms. The number of fused-ring (bicyclic) bond motifs is 1. The minimum absolute atomic E-state index is 0.0567. The lowest BCUT2D eigenvalue weighted by molar-refractivity contribution is 0.0491. The SMILES string of the molecule is CCOC(=O)c1oc2ccc(NS(=O)(=O)c3cccc(Cl)c3)cc2c1C. The highest BCUT2D eigenvalue weighted by atomic mass is 35.5. The van der Waals surface area contributed by atoms with Gasteiger partial charge in [-0.05, 0) is 50.2 Å². The summed E-state index contributed by atoms with van der Waals surface area (Å²) in [6.45, 7) is 3.66. The van der Waals surface area contributed by atoms with Crippen molar-refractivity contribution in [1.82, 2.24) is 0 Å². The summed E-state index contributed by atoms with van der Waals surface area (Å²) in [6, 6.07) is 10.7. The number of nitrogens with one attached hydrogen (secondary N) is 1. The fraction of sp³-hybridized carbons (Fsp3) is 0.167. The maximum absolute atomic E-state index is 12.5. The van der Waals surface area contributed by atoms with Gasteiger partial charge in [0.05, 0.1) is 11.5 Å². The molecule has 0 aliphatic rings. The molecule has 0 radical (unpaired) electrons. The van der Waals surface area contributed by atoms with E-state index < -0.39 is 16.0 Å². The maximum atomic E-state index is 12.5. The minimum atomic E-state index is -3.79. The van der Waals surface area contributed by atoms with Crippen molar-refractivity contribution in [3.63, 3.8) is 0 Å². The third-order valence-corrected chi connectivity index (χ3v) is 5.37. The van der Waals surface area contributed by atoms with Gasteiger partial charge in [0.15, 0.2) is 0 Å². The standard InChI is InChI=1S/C18H16ClNO5S/c1-3-24-18(21)17-11(2)15-10-13(7-8-16(15)25-17)20-26(22,23)14-6-4-5-12(19)9-14/h4-10,20H,3H2,1-2H3. The van der Waals surface area contributed by atoms with Crippen LogP contribution >= 0.6 is 11.6 Å². The van der Waals surface area contributed by atoms with Crippen LogP contribution in [0.4, 0.5) is 5.69 Å². The van der Waals surface area contributed by atoms with E-state index in [1.165, 1.54) is 12.1 Å². The molecule has 1 N–H and O–H groups in total. The molecule has 0 atom stereocenters. The van der Waals surface area contributed by atoms with E-state index in [-0.39, 0.29) is 17.3 Å². The average Bonchev–Trinajstić information content (AvgIpc) is 2.91. The summed E-state index contributed by atoms with van der Waals surface area (Å²) >= 11 is 5.86. The first-order chi connectivity index (χ1) is 12.3. The number of aryl methyl sites for hydroxylation is 1. The Labute approximate surface area is 155 Å². The molecule has 3 aromatic rings. The van der Waals surface area contributed by atoms with Gasteiger partial charge in [-0.25, -0.2) is 13.2 Å². The third-order valence-electron chi connectivity index (χ3n) is 3.76. The molecule has 3 rings (SSSR count). The first-order valence-corrected chi connectivity index (χ1v) is 9.66. The second-order valence-electron chi connectivity index (χ2n) is 5.55. The van der Waals surface area contributed by atoms with Gasteiger partial charge in [0.2, 0.25) is 5.76 Å². The molecule has 0 unspecified atom stereocenters.